The molecule has 2 aromatic carbocycles. The lowest BCUT2D eigenvalue weighted by atomic mass is 10.2. The van der Waals surface area contributed by atoms with E-state index in [0.29, 0.717) is 12.4 Å². The van der Waals surface area contributed by atoms with Crippen LogP contribution < -0.4 is 5.32 Å². The van der Waals surface area contributed by atoms with Crippen LogP contribution in [0.4, 0.5) is 5.69 Å². The van der Waals surface area contributed by atoms with Gasteiger partial charge in [0.15, 0.2) is 0 Å². The van der Waals surface area contributed by atoms with Crippen molar-refractivity contribution >= 4 is 44.8 Å². The largest absolute Gasteiger partial charge is 0.381 e. The summed E-state index contributed by atoms with van der Waals surface area (Å²) in [5.41, 5.74) is 3.20. The second-order valence-electron chi connectivity index (χ2n) is 3.88. The molecule has 0 saturated heterocycles. The minimum Gasteiger partial charge on any atom is -0.381 e. The molecule has 0 aliphatic rings. The molecule has 18 heavy (non-hydrogen) atoms. The smallest absolute Gasteiger partial charge is 0.0494 e. The summed E-state index contributed by atoms with van der Waals surface area (Å²) in [5, 5.41) is 4.11. The van der Waals surface area contributed by atoms with Crippen LogP contribution in [0.15, 0.2) is 46.9 Å². The van der Waals surface area contributed by atoms with Crippen molar-refractivity contribution in [2.75, 3.05) is 5.32 Å². The second kappa shape index (κ2) is 6.46. The van der Waals surface area contributed by atoms with Gasteiger partial charge in [-0.3, -0.25) is 0 Å². The number of halogens is 3. The molecule has 94 valence electrons. The average Bonchev–Trinajstić information content (AvgIpc) is 2.38. The molecule has 0 bridgehead atoms. The molecular formula is C14H12BrCl2N. The topological polar surface area (TPSA) is 12.0 Å². The Morgan fingerprint density at radius 1 is 1.06 bits per heavy atom. The van der Waals surface area contributed by atoms with Crippen molar-refractivity contribution in [3.05, 3.63) is 63.1 Å². The van der Waals surface area contributed by atoms with Crippen LogP contribution in [0.25, 0.3) is 0 Å². The summed E-state index contributed by atoms with van der Waals surface area (Å²) in [6, 6.07) is 13.9. The molecule has 1 nitrogen and oxygen atoms in total. The molecule has 0 saturated carbocycles. The van der Waals surface area contributed by atoms with E-state index in [2.05, 4.69) is 21.2 Å². The van der Waals surface area contributed by atoms with Crippen molar-refractivity contribution in [3.63, 3.8) is 0 Å². The van der Waals surface area contributed by atoms with Gasteiger partial charge in [-0.05, 0) is 29.3 Å². The Labute approximate surface area is 125 Å². The minimum absolute atomic E-state index is 0.497. The Bertz CT molecular complexity index is 543. The number of hydrogen-bond acceptors (Lipinski definition) is 1. The predicted molar refractivity (Wildman–Crippen MR) is 82.5 cm³/mol. The molecule has 0 aliphatic heterocycles. The van der Waals surface area contributed by atoms with E-state index in [1.54, 1.807) is 0 Å². The lowest BCUT2D eigenvalue weighted by Crippen LogP contribution is -2.02. The fraction of sp³-hybridized carbons (Fsp3) is 0.143. The number of benzene rings is 2. The van der Waals surface area contributed by atoms with Crippen LogP contribution in [0, 0.1) is 0 Å². The molecule has 0 heterocycles. The highest BCUT2D eigenvalue weighted by molar-refractivity contribution is 9.10. The van der Waals surface area contributed by atoms with Gasteiger partial charge in [-0.15, -0.1) is 11.6 Å². The van der Waals surface area contributed by atoms with Crippen LogP contribution >= 0.6 is 39.1 Å². The highest BCUT2D eigenvalue weighted by atomic mass is 79.9. The van der Waals surface area contributed by atoms with Gasteiger partial charge in [0.1, 0.15) is 0 Å². The quantitative estimate of drug-likeness (QED) is 0.727. The summed E-state index contributed by atoms with van der Waals surface area (Å²) in [6.07, 6.45) is 0. The number of rotatable bonds is 4. The predicted octanol–water partition coefficient (Wildman–Crippen LogP) is 5.45. The fourth-order valence-electron chi connectivity index (χ4n) is 1.66. The summed E-state index contributed by atoms with van der Waals surface area (Å²) in [5.74, 6) is 0.497. The summed E-state index contributed by atoms with van der Waals surface area (Å²) in [4.78, 5) is 0. The molecule has 0 aliphatic carbocycles. The lowest BCUT2D eigenvalue weighted by Gasteiger charge is -2.11. The van der Waals surface area contributed by atoms with E-state index in [1.807, 2.05) is 42.5 Å². The highest BCUT2D eigenvalue weighted by Crippen LogP contribution is 2.23. The Kier molecular flexibility index (Phi) is 4.93. The van der Waals surface area contributed by atoms with Crippen molar-refractivity contribution in [3.8, 4) is 0 Å². The van der Waals surface area contributed by atoms with E-state index in [9.17, 15) is 0 Å². The SMILES string of the molecule is ClCc1ccccc1NCc1ccc(Br)cc1Cl. The van der Waals surface area contributed by atoms with Crippen molar-refractivity contribution in [2.24, 2.45) is 0 Å². The van der Waals surface area contributed by atoms with Gasteiger partial charge < -0.3 is 5.32 Å². The van der Waals surface area contributed by atoms with Gasteiger partial charge in [0.05, 0.1) is 0 Å². The molecular weight excluding hydrogens is 333 g/mol. The number of hydrogen-bond donors (Lipinski definition) is 1. The maximum absolute atomic E-state index is 6.17. The third kappa shape index (κ3) is 3.41. The zero-order chi connectivity index (χ0) is 13.0. The molecule has 1 N–H and O–H groups in total. The lowest BCUT2D eigenvalue weighted by molar-refractivity contribution is 1.14. The highest BCUT2D eigenvalue weighted by Gasteiger charge is 2.03. The molecule has 0 fully saturated rings. The van der Waals surface area contributed by atoms with Crippen LogP contribution in [-0.2, 0) is 12.4 Å². The molecule has 0 spiro atoms. The normalized spacial score (nSPS) is 10.4. The zero-order valence-electron chi connectivity index (χ0n) is 9.59. The molecule has 4 heteroatoms. The summed E-state index contributed by atoms with van der Waals surface area (Å²) >= 11 is 15.5. The van der Waals surface area contributed by atoms with Crippen molar-refractivity contribution in [1.29, 1.82) is 0 Å². The number of para-hydroxylation sites is 1. The first kappa shape index (κ1) is 13.7. The number of alkyl halides is 1. The van der Waals surface area contributed by atoms with Gasteiger partial charge in [0, 0.05) is 27.6 Å². The monoisotopic (exact) mass is 343 g/mol. The summed E-state index contributed by atoms with van der Waals surface area (Å²) in [7, 11) is 0. The first-order valence-electron chi connectivity index (χ1n) is 5.52. The Balaban J connectivity index is 2.11. The van der Waals surface area contributed by atoms with E-state index in [-0.39, 0.29) is 0 Å². The molecule has 0 atom stereocenters. The standard InChI is InChI=1S/C14H12BrCl2N/c15-12-6-5-11(13(17)7-12)9-18-14-4-2-1-3-10(14)8-16/h1-7,18H,8-9H2. The van der Waals surface area contributed by atoms with Crippen LogP contribution in [0.2, 0.25) is 5.02 Å². The number of anilines is 1. The Hall–Kier alpha value is -0.700. The van der Waals surface area contributed by atoms with Gasteiger partial charge in [-0.2, -0.15) is 0 Å². The maximum Gasteiger partial charge on any atom is 0.0494 e. The summed E-state index contributed by atoms with van der Waals surface area (Å²) < 4.78 is 0.984. The second-order valence-corrected chi connectivity index (χ2v) is 5.47. The van der Waals surface area contributed by atoms with E-state index in [0.717, 1.165) is 26.3 Å². The van der Waals surface area contributed by atoms with E-state index in [4.69, 9.17) is 23.2 Å². The Morgan fingerprint density at radius 3 is 2.56 bits per heavy atom. The molecule has 0 unspecified atom stereocenters. The van der Waals surface area contributed by atoms with Crippen LogP contribution in [0.5, 0.6) is 0 Å². The van der Waals surface area contributed by atoms with E-state index in [1.165, 1.54) is 0 Å². The Morgan fingerprint density at radius 2 is 1.83 bits per heavy atom. The van der Waals surface area contributed by atoms with Crippen LogP contribution in [-0.4, -0.2) is 0 Å². The first-order valence-corrected chi connectivity index (χ1v) is 7.23. The van der Waals surface area contributed by atoms with Gasteiger partial charge in [-0.1, -0.05) is 51.8 Å². The molecule has 2 aromatic rings. The van der Waals surface area contributed by atoms with Crippen LogP contribution in [0.3, 0.4) is 0 Å². The molecule has 2 rings (SSSR count). The number of nitrogens with one attached hydrogen (secondary N) is 1. The van der Waals surface area contributed by atoms with Gasteiger partial charge in [0.2, 0.25) is 0 Å². The first-order chi connectivity index (χ1) is 8.70. The van der Waals surface area contributed by atoms with Gasteiger partial charge >= 0.3 is 0 Å². The van der Waals surface area contributed by atoms with Crippen LogP contribution in [0.1, 0.15) is 11.1 Å². The van der Waals surface area contributed by atoms with Crippen molar-refractivity contribution in [1.82, 2.24) is 0 Å². The molecule has 0 amide bonds. The van der Waals surface area contributed by atoms with Crippen molar-refractivity contribution in [2.45, 2.75) is 12.4 Å². The van der Waals surface area contributed by atoms with E-state index < -0.39 is 0 Å². The average molecular weight is 345 g/mol. The van der Waals surface area contributed by atoms with E-state index >= 15 is 0 Å². The maximum atomic E-state index is 6.17. The fourth-order valence-corrected chi connectivity index (χ4v) is 2.64. The zero-order valence-corrected chi connectivity index (χ0v) is 12.7. The van der Waals surface area contributed by atoms with Crippen molar-refractivity contribution < 1.29 is 0 Å². The third-order valence-electron chi connectivity index (χ3n) is 2.65. The molecule has 0 aromatic heterocycles. The molecule has 0 radical (unpaired) electrons. The van der Waals surface area contributed by atoms with Gasteiger partial charge in [0.25, 0.3) is 0 Å². The minimum atomic E-state index is 0.497. The van der Waals surface area contributed by atoms with Gasteiger partial charge in [-0.25, -0.2) is 0 Å². The summed E-state index contributed by atoms with van der Waals surface area (Å²) in [6.45, 7) is 0.681. The third-order valence-corrected chi connectivity index (χ3v) is 3.78.